The number of thiocarbonyl (C=S) groups is 1. The number of rotatable bonds is 6. The molecule has 1 aromatic rings. The van der Waals surface area contributed by atoms with Crippen LogP contribution in [0.4, 0.5) is 0 Å². The van der Waals surface area contributed by atoms with E-state index < -0.39 is 0 Å². The van der Waals surface area contributed by atoms with Crippen LogP contribution in [0, 0.1) is 5.92 Å². The highest BCUT2D eigenvalue weighted by atomic mass is 32.1. The molecule has 1 aromatic carbocycles. The maximum absolute atomic E-state index is 12.0. The lowest BCUT2D eigenvalue weighted by atomic mass is 10.2. The van der Waals surface area contributed by atoms with Crippen LogP contribution in [0.1, 0.15) is 24.2 Å². The Morgan fingerprint density at radius 1 is 1.50 bits per heavy atom. The number of benzene rings is 1. The fraction of sp³-hybridized carbons (Fsp3) is 0.333. The Morgan fingerprint density at radius 3 is 2.90 bits per heavy atom. The molecule has 0 atom stereocenters. The predicted octanol–water partition coefficient (Wildman–Crippen LogP) is 2.51. The molecule has 0 aromatic heterocycles. The minimum atomic E-state index is -0.262. The molecule has 0 aliphatic heterocycles. The number of hydrogen-bond donors (Lipinski definition) is 2. The Hall–Kier alpha value is -1.88. The predicted molar refractivity (Wildman–Crippen MR) is 85.0 cm³/mol. The molecule has 108 valence electrons. The summed E-state index contributed by atoms with van der Waals surface area (Å²) in [5, 5.41) is 5.72. The molecule has 0 aliphatic carbocycles. The number of hydrogen-bond acceptors (Lipinski definition) is 3. The number of nitrogens with one attached hydrogen (secondary N) is 2. The van der Waals surface area contributed by atoms with E-state index in [-0.39, 0.29) is 11.0 Å². The molecule has 5 heteroatoms. The summed E-state index contributed by atoms with van der Waals surface area (Å²) in [6.45, 7) is 8.83. The summed E-state index contributed by atoms with van der Waals surface area (Å²) >= 11 is 4.99. The maximum atomic E-state index is 12.0. The van der Waals surface area contributed by atoms with Gasteiger partial charge in [-0.25, -0.2) is 0 Å². The third-order valence-electron chi connectivity index (χ3n) is 2.31. The third-order valence-corrected chi connectivity index (χ3v) is 2.56. The second-order valence-electron chi connectivity index (χ2n) is 4.69. The van der Waals surface area contributed by atoms with Crippen molar-refractivity contribution in [3.8, 4) is 5.75 Å². The van der Waals surface area contributed by atoms with Crippen molar-refractivity contribution in [1.29, 1.82) is 0 Å². The van der Waals surface area contributed by atoms with Crippen molar-refractivity contribution in [2.45, 2.75) is 13.8 Å². The number of ether oxygens (including phenoxy) is 1. The largest absolute Gasteiger partial charge is 0.493 e. The molecule has 0 heterocycles. The van der Waals surface area contributed by atoms with Gasteiger partial charge in [-0.15, -0.1) is 6.58 Å². The summed E-state index contributed by atoms with van der Waals surface area (Å²) in [7, 11) is 0. The topological polar surface area (TPSA) is 50.4 Å². The van der Waals surface area contributed by atoms with E-state index in [0.717, 1.165) is 0 Å². The van der Waals surface area contributed by atoms with Crippen LogP contribution in [0.2, 0.25) is 0 Å². The lowest BCUT2D eigenvalue weighted by Gasteiger charge is -2.11. The smallest absolute Gasteiger partial charge is 0.257 e. The van der Waals surface area contributed by atoms with Crippen LogP contribution < -0.4 is 15.4 Å². The monoisotopic (exact) mass is 292 g/mol. The van der Waals surface area contributed by atoms with E-state index in [4.69, 9.17) is 17.0 Å². The Balaban J connectivity index is 2.61. The van der Waals surface area contributed by atoms with Gasteiger partial charge in [0.15, 0.2) is 5.11 Å². The van der Waals surface area contributed by atoms with E-state index >= 15 is 0 Å². The molecule has 0 radical (unpaired) electrons. The Bertz CT molecular complexity index is 487. The van der Waals surface area contributed by atoms with Crippen LogP contribution in [-0.4, -0.2) is 24.2 Å². The Kier molecular flexibility index (Phi) is 6.73. The molecular weight excluding hydrogens is 272 g/mol. The molecule has 0 saturated heterocycles. The van der Waals surface area contributed by atoms with Gasteiger partial charge in [-0.1, -0.05) is 26.0 Å². The molecule has 1 amide bonds. The molecule has 0 fully saturated rings. The molecule has 0 unspecified atom stereocenters. The van der Waals surface area contributed by atoms with Gasteiger partial charge in [0.2, 0.25) is 0 Å². The van der Waals surface area contributed by atoms with Crippen molar-refractivity contribution in [2.24, 2.45) is 5.92 Å². The summed E-state index contributed by atoms with van der Waals surface area (Å²) in [6.07, 6.45) is 1.67. The highest BCUT2D eigenvalue weighted by Gasteiger charge is 2.08. The van der Waals surface area contributed by atoms with E-state index in [2.05, 4.69) is 31.1 Å². The molecule has 0 spiro atoms. The highest BCUT2D eigenvalue weighted by molar-refractivity contribution is 7.80. The first-order valence-corrected chi connectivity index (χ1v) is 6.86. The lowest BCUT2D eigenvalue weighted by molar-refractivity contribution is 0.0976. The second kappa shape index (κ2) is 8.32. The zero-order valence-electron chi connectivity index (χ0n) is 11.8. The SMILES string of the molecule is C=CCNC(=S)NC(=O)c1cccc(OCC(C)C)c1. The van der Waals surface area contributed by atoms with Crippen molar-refractivity contribution in [1.82, 2.24) is 10.6 Å². The van der Waals surface area contributed by atoms with Crippen molar-refractivity contribution >= 4 is 23.2 Å². The molecule has 0 saturated carbocycles. The van der Waals surface area contributed by atoms with E-state index in [1.807, 2.05) is 6.07 Å². The molecule has 0 bridgehead atoms. The first-order valence-electron chi connectivity index (χ1n) is 6.46. The van der Waals surface area contributed by atoms with Crippen molar-refractivity contribution in [2.75, 3.05) is 13.2 Å². The van der Waals surface area contributed by atoms with Crippen LogP contribution >= 0.6 is 12.2 Å². The van der Waals surface area contributed by atoms with Gasteiger partial charge in [-0.2, -0.15) is 0 Å². The van der Waals surface area contributed by atoms with Crippen molar-refractivity contribution in [3.05, 3.63) is 42.5 Å². The van der Waals surface area contributed by atoms with Gasteiger partial charge in [-0.05, 0) is 36.3 Å². The van der Waals surface area contributed by atoms with E-state index in [1.54, 1.807) is 24.3 Å². The molecule has 2 N–H and O–H groups in total. The minimum Gasteiger partial charge on any atom is -0.493 e. The summed E-state index contributed by atoms with van der Waals surface area (Å²) in [6, 6.07) is 7.03. The van der Waals surface area contributed by atoms with Crippen molar-refractivity contribution in [3.63, 3.8) is 0 Å². The first kappa shape index (κ1) is 16.2. The van der Waals surface area contributed by atoms with Gasteiger partial charge < -0.3 is 10.1 Å². The zero-order chi connectivity index (χ0) is 15.0. The number of carbonyl (C=O) groups excluding carboxylic acids is 1. The average molecular weight is 292 g/mol. The van der Waals surface area contributed by atoms with Crippen LogP contribution in [-0.2, 0) is 0 Å². The van der Waals surface area contributed by atoms with Crippen LogP contribution in [0.15, 0.2) is 36.9 Å². The van der Waals surface area contributed by atoms with E-state index in [1.165, 1.54) is 0 Å². The Labute approximate surface area is 125 Å². The van der Waals surface area contributed by atoms with E-state index in [0.29, 0.717) is 30.4 Å². The molecule has 20 heavy (non-hydrogen) atoms. The number of amides is 1. The van der Waals surface area contributed by atoms with Gasteiger partial charge >= 0.3 is 0 Å². The van der Waals surface area contributed by atoms with Crippen LogP contribution in [0.25, 0.3) is 0 Å². The third kappa shape index (κ3) is 5.84. The molecule has 0 aliphatic rings. The summed E-state index contributed by atoms with van der Waals surface area (Å²) < 4.78 is 5.59. The highest BCUT2D eigenvalue weighted by Crippen LogP contribution is 2.14. The molecular formula is C15H20N2O2S. The first-order chi connectivity index (χ1) is 9.52. The van der Waals surface area contributed by atoms with Crippen LogP contribution in [0.3, 0.4) is 0 Å². The average Bonchev–Trinajstić information content (AvgIpc) is 2.43. The van der Waals surface area contributed by atoms with Crippen molar-refractivity contribution < 1.29 is 9.53 Å². The van der Waals surface area contributed by atoms with Gasteiger partial charge in [0.1, 0.15) is 5.75 Å². The quantitative estimate of drug-likeness (QED) is 0.625. The van der Waals surface area contributed by atoms with Gasteiger partial charge in [-0.3, -0.25) is 10.1 Å². The standard InChI is InChI=1S/C15H20N2O2S/c1-4-8-16-15(20)17-14(18)12-6-5-7-13(9-12)19-10-11(2)3/h4-7,9,11H,1,8,10H2,2-3H3,(H2,16,17,18,20). The minimum absolute atomic E-state index is 0.262. The maximum Gasteiger partial charge on any atom is 0.257 e. The van der Waals surface area contributed by atoms with Crippen LogP contribution in [0.5, 0.6) is 5.75 Å². The van der Waals surface area contributed by atoms with Gasteiger partial charge in [0.05, 0.1) is 6.61 Å². The zero-order valence-corrected chi connectivity index (χ0v) is 12.6. The Morgan fingerprint density at radius 2 is 2.25 bits per heavy atom. The molecule has 4 nitrogen and oxygen atoms in total. The fourth-order valence-electron chi connectivity index (χ4n) is 1.37. The van der Waals surface area contributed by atoms with Gasteiger partial charge in [0.25, 0.3) is 5.91 Å². The summed E-state index contributed by atoms with van der Waals surface area (Å²) in [5.41, 5.74) is 0.508. The fourth-order valence-corrected chi connectivity index (χ4v) is 1.55. The normalized spacial score (nSPS) is 9.95. The summed E-state index contributed by atoms with van der Waals surface area (Å²) in [5.74, 6) is 0.848. The van der Waals surface area contributed by atoms with E-state index in [9.17, 15) is 4.79 Å². The summed E-state index contributed by atoms with van der Waals surface area (Å²) in [4.78, 5) is 12.0. The van der Waals surface area contributed by atoms with Gasteiger partial charge in [0, 0.05) is 12.1 Å². The molecule has 1 rings (SSSR count). The second-order valence-corrected chi connectivity index (χ2v) is 5.09. The lowest BCUT2D eigenvalue weighted by Crippen LogP contribution is -2.39. The number of carbonyl (C=O) groups is 1.